The maximum atomic E-state index is 13.3. The van der Waals surface area contributed by atoms with Gasteiger partial charge in [0.25, 0.3) is 5.91 Å². The molecule has 0 saturated carbocycles. The SMILES string of the molecule is Cc1ccc2c(c1)-c1c(c(C(=O)N3CC[C@H](c4ccccc4)C3)nn1C)CS2. The number of carbonyl (C=O) groups excluding carboxylic acids is 1. The van der Waals surface area contributed by atoms with E-state index < -0.39 is 0 Å². The molecule has 5 heteroatoms. The molecule has 0 radical (unpaired) electrons. The Morgan fingerprint density at radius 3 is 2.82 bits per heavy atom. The van der Waals surface area contributed by atoms with E-state index in [-0.39, 0.29) is 5.91 Å². The molecule has 1 aromatic heterocycles. The van der Waals surface area contributed by atoms with E-state index in [1.807, 2.05) is 22.7 Å². The van der Waals surface area contributed by atoms with Crippen LogP contribution in [0.2, 0.25) is 0 Å². The number of hydrogen-bond donors (Lipinski definition) is 0. The van der Waals surface area contributed by atoms with Crippen LogP contribution < -0.4 is 0 Å². The largest absolute Gasteiger partial charge is 0.337 e. The van der Waals surface area contributed by atoms with Crippen LogP contribution in [0.3, 0.4) is 0 Å². The number of aromatic nitrogens is 2. The summed E-state index contributed by atoms with van der Waals surface area (Å²) in [5.41, 5.74) is 6.56. The quantitative estimate of drug-likeness (QED) is 0.641. The van der Waals surface area contributed by atoms with Crippen molar-refractivity contribution in [3.05, 3.63) is 70.9 Å². The number of nitrogens with zero attached hydrogens (tertiary/aromatic N) is 3. The number of likely N-dealkylation sites (tertiary alicyclic amines) is 1. The standard InChI is InChI=1S/C23H23N3OS/c1-15-8-9-20-18(12-15)22-19(14-28-20)21(24-25(22)2)23(27)26-11-10-17(13-26)16-6-4-3-5-7-16/h3-9,12,17H,10-11,13-14H2,1-2H3/t17-/m0/s1. The maximum absolute atomic E-state index is 13.3. The van der Waals surface area contributed by atoms with E-state index in [0.717, 1.165) is 36.5 Å². The summed E-state index contributed by atoms with van der Waals surface area (Å²) in [5, 5.41) is 4.68. The van der Waals surface area contributed by atoms with Crippen molar-refractivity contribution in [2.75, 3.05) is 13.1 Å². The number of thioether (sulfide) groups is 1. The summed E-state index contributed by atoms with van der Waals surface area (Å²) >= 11 is 1.80. The minimum absolute atomic E-state index is 0.0759. The van der Waals surface area contributed by atoms with Gasteiger partial charge < -0.3 is 4.90 Å². The smallest absolute Gasteiger partial charge is 0.274 e. The molecule has 2 aromatic carbocycles. The highest BCUT2D eigenvalue weighted by Crippen LogP contribution is 2.43. The van der Waals surface area contributed by atoms with Crippen molar-refractivity contribution in [1.29, 1.82) is 0 Å². The molecular formula is C23H23N3OS. The van der Waals surface area contributed by atoms with Gasteiger partial charge >= 0.3 is 0 Å². The molecule has 4 nitrogen and oxygen atoms in total. The van der Waals surface area contributed by atoms with Crippen molar-refractivity contribution < 1.29 is 4.79 Å². The fourth-order valence-electron chi connectivity index (χ4n) is 4.41. The van der Waals surface area contributed by atoms with Crippen LogP contribution in [0.1, 0.15) is 39.5 Å². The van der Waals surface area contributed by atoms with Gasteiger partial charge in [-0.15, -0.1) is 11.8 Å². The second-order valence-corrected chi connectivity index (χ2v) is 8.75. The number of carbonyl (C=O) groups is 1. The number of aryl methyl sites for hydroxylation is 2. The third-order valence-electron chi connectivity index (χ3n) is 5.86. The average Bonchev–Trinajstić information content (AvgIpc) is 3.33. The highest BCUT2D eigenvalue weighted by molar-refractivity contribution is 7.98. The molecule has 0 unspecified atom stereocenters. The summed E-state index contributed by atoms with van der Waals surface area (Å²) in [6, 6.07) is 17.0. The molecule has 0 aliphatic carbocycles. The number of rotatable bonds is 2. The first-order valence-electron chi connectivity index (χ1n) is 9.75. The Kier molecular flexibility index (Phi) is 4.27. The van der Waals surface area contributed by atoms with Crippen molar-refractivity contribution in [2.45, 2.75) is 29.9 Å². The molecule has 1 fully saturated rings. The van der Waals surface area contributed by atoms with E-state index in [4.69, 9.17) is 0 Å². The number of hydrogen-bond acceptors (Lipinski definition) is 3. The average molecular weight is 390 g/mol. The van der Waals surface area contributed by atoms with Gasteiger partial charge in [-0.3, -0.25) is 9.48 Å². The topological polar surface area (TPSA) is 38.1 Å². The van der Waals surface area contributed by atoms with Gasteiger partial charge in [-0.25, -0.2) is 0 Å². The van der Waals surface area contributed by atoms with Gasteiger partial charge in [-0.05, 0) is 31.0 Å². The van der Waals surface area contributed by atoms with Crippen molar-refractivity contribution >= 4 is 17.7 Å². The van der Waals surface area contributed by atoms with Crippen LogP contribution in [-0.4, -0.2) is 33.7 Å². The second-order valence-electron chi connectivity index (χ2n) is 7.74. The lowest BCUT2D eigenvalue weighted by molar-refractivity contribution is 0.0783. The molecule has 2 aliphatic rings. The van der Waals surface area contributed by atoms with Crippen LogP contribution >= 0.6 is 11.8 Å². The van der Waals surface area contributed by atoms with Crippen molar-refractivity contribution in [1.82, 2.24) is 14.7 Å². The molecule has 3 heterocycles. The Hall–Kier alpha value is -2.53. The van der Waals surface area contributed by atoms with E-state index in [1.165, 1.54) is 21.6 Å². The van der Waals surface area contributed by atoms with Gasteiger partial charge in [-0.2, -0.15) is 5.10 Å². The van der Waals surface area contributed by atoms with Gasteiger partial charge in [0.2, 0.25) is 0 Å². The minimum Gasteiger partial charge on any atom is -0.337 e. The number of amides is 1. The molecule has 1 amide bonds. The Balaban J connectivity index is 1.46. The third-order valence-corrected chi connectivity index (χ3v) is 6.96. The van der Waals surface area contributed by atoms with Gasteiger partial charge in [0.05, 0.1) is 5.69 Å². The first-order valence-corrected chi connectivity index (χ1v) is 10.7. The molecule has 3 aromatic rings. The monoisotopic (exact) mass is 389 g/mol. The molecule has 2 aliphatic heterocycles. The van der Waals surface area contributed by atoms with Gasteiger partial charge in [0.15, 0.2) is 5.69 Å². The van der Waals surface area contributed by atoms with Crippen LogP contribution in [0.5, 0.6) is 0 Å². The molecule has 0 bridgehead atoms. The molecule has 1 saturated heterocycles. The van der Waals surface area contributed by atoms with Crippen LogP contribution in [0, 0.1) is 6.92 Å². The fourth-order valence-corrected chi connectivity index (χ4v) is 5.46. The first-order chi connectivity index (χ1) is 13.6. The highest BCUT2D eigenvalue weighted by atomic mass is 32.2. The lowest BCUT2D eigenvalue weighted by Gasteiger charge is -2.19. The minimum atomic E-state index is 0.0759. The van der Waals surface area contributed by atoms with E-state index in [2.05, 4.69) is 54.5 Å². The first kappa shape index (κ1) is 17.6. The maximum Gasteiger partial charge on any atom is 0.274 e. The van der Waals surface area contributed by atoms with Crippen molar-refractivity contribution in [2.24, 2.45) is 7.05 Å². The van der Waals surface area contributed by atoms with Gasteiger partial charge in [0.1, 0.15) is 0 Å². The molecule has 5 rings (SSSR count). The lowest BCUT2D eigenvalue weighted by Crippen LogP contribution is -2.29. The Morgan fingerprint density at radius 1 is 1.18 bits per heavy atom. The second kappa shape index (κ2) is 6.82. The van der Waals surface area contributed by atoms with E-state index in [9.17, 15) is 4.79 Å². The summed E-state index contributed by atoms with van der Waals surface area (Å²) < 4.78 is 1.89. The lowest BCUT2D eigenvalue weighted by atomic mass is 9.99. The molecule has 1 atom stereocenters. The summed E-state index contributed by atoms with van der Waals surface area (Å²) in [7, 11) is 1.95. The zero-order valence-corrected chi connectivity index (χ0v) is 17.0. The van der Waals surface area contributed by atoms with Crippen molar-refractivity contribution in [3.63, 3.8) is 0 Å². The van der Waals surface area contributed by atoms with E-state index in [1.54, 1.807) is 11.8 Å². The molecule has 0 spiro atoms. The molecule has 142 valence electrons. The predicted octanol–water partition coefficient (Wildman–Crippen LogP) is 4.63. The van der Waals surface area contributed by atoms with Crippen molar-refractivity contribution in [3.8, 4) is 11.3 Å². The molecule has 0 N–H and O–H groups in total. The number of fused-ring (bicyclic) bond motifs is 3. The normalized spacial score (nSPS) is 18.1. The van der Waals surface area contributed by atoms with Crippen LogP contribution in [-0.2, 0) is 12.8 Å². The summed E-state index contributed by atoms with van der Waals surface area (Å²) in [5.74, 6) is 1.30. The van der Waals surface area contributed by atoms with Crippen LogP contribution in [0.15, 0.2) is 53.4 Å². The summed E-state index contributed by atoms with van der Waals surface area (Å²) in [4.78, 5) is 16.6. The van der Waals surface area contributed by atoms with E-state index in [0.29, 0.717) is 11.6 Å². The molecular weight excluding hydrogens is 366 g/mol. The third kappa shape index (κ3) is 2.85. The summed E-state index contributed by atoms with van der Waals surface area (Å²) in [6.07, 6.45) is 1.02. The Labute approximate surface area is 169 Å². The summed E-state index contributed by atoms with van der Waals surface area (Å²) in [6.45, 7) is 3.68. The fraction of sp³-hybridized carbons (Fsp3) is 0.304. The van der Waals surface area contributed by atoms with Gasteiger partial charge in [-0.1, -0.05) is 42.0 Å². The van der Waals surface area contributed by atoms with Gasteiger partial charge in [0, 0.05) is 47.8 Å². The highest BCUT2D eigenvalue weighted by Gasteiger charge is 2.33. The van der Waals surface area contributed by atoms with Crippen LogP contribution in [0.4, 0.5) is 0 Å². The predicted molar refractivity (Wildman–Crippen MR) is 113 cm³/mol. The van der Waals surface area contributed by atoms with Crippen LogP contribution in [0.25, 0.3) is 11.3 Å². The number of benzene rings is 2. The molecule has 28 heavy (non-hydrogen) atoms. The van der Waals surface area contributed by atoms with E-state index >= 15 is 0 Å². The zero-order chi connectivity index (χ0) is 19.3. The zero-order valence-electron chi connectivity index (χ0n) is 16.2. The Bertz CT molecular complexity index is 1060. The Morgan fingerprint density at radius 2 is 2.00 bits per heavy atom.